The van der Waals surface area contributed by atoms with Crippen LogP contribution in [0, 0.1) is 0 Å². The van der Waals surface area contributed by atoms with Crippen LogP contribution in [0.25, 0.3) is 0 Å². The molecule has 0 aromatic carbocycles. The number of ether oxygens (including phenoxy) is 1. The third-order valence-electron chi connectivity index (χ3n) is 1.44. The van der Waals surface area contributed by atoms with Gasteiger partial charge in [0.05, 0.1) is 0 Å². The van der Waals surface area contributed by atoms with E-state index < -0.39 is 12.8 Å². The summed E-state index contributed by atoms with van der Waals surface area (Å²) in [7, 11) is 1.52. The van der Waals surface area contributed by atoms with Crippen LogP contribution in [0.5, 0.6) is 0 Å². The zero-order valence-corrected chi connectivity index (χ0v) is 7.35. The summed E-state index contributed by atoms with van der Waals surface area (Å²) >= 11 is 5.65. The van der Waals surface area contributed by atoms with Gasteiger partial charge in [-0.05, 0) is 12.0 Å². The fraction of sp³-hybridized carbons (Fsp3) is 0.667. The molecule has 0 fully saturated rings. The molecular weight excluding hydrogens is 190 g/mol. The van der Waals surface area contributed by atoms with Crippen molar-refractivity contribution in [2.45, 2.75) is 19.8 Å². The predicted molar refractivity (Wildman–Crippen MR) is 38.0 cm³/mol. The lowest BCUT2D eigenvalue weighted by atomic mass is 10.4. The molecule has 1 unspecified atom stereocenters. The Hall–Kier alpha value is -0.550. The van der Waals surface area contributed by atoms with Crippen molar-refractivity contribution in [2.75, 3.05) is 7.05 Å². The van der Waals surface area contributed by atoms with E-state index in [0.29, 0.717) is 5.70 Å². The van der Waals surface area contributed by atoms with E-state index in [9.17, 15) is 8.78 Å². The first-order valence-electron chi connectivity index (χ1n) is 3.26. The van der Waals surface area contributed by atoms with Gasteiger partial charge in [0.25, 0.3) is 0 Å². The van der Waals surface area contributed by atoms with Crippen LogP contribution in [-0.4, -0.2) is 24.6 Å². The van der Waals surface area contributed by atoms with Crippen LogP contribution in [-0.2, 0) is 4.74 Å². The molecule has 6 heteroatoms. The van der Waals surface area contributed by atoms with Gasteiger partial charge < -0.3 is 0 Å². The van der Waals surface area contributed by atoms with Crippen molar-refractivity contribution in [3.8, 4) is 0 Å². The molecule has 0 aliphatic carbocycles. The first-order valence-corrected chi connectivity index (χ1v) is 3.64. The first-order chi connectivity index (χ1) is 5.52. The van der Waals surface area contributed by atoms with Crippen molar-refractivity contribution in [3.63, 3.8) is 0 Å². The lowest BCUT2D eigenvalue weighted by Crippen LogP contribution is -2.24. The maximum Gasteiger partial charge on any atom is 0.350 e. The van der Waals surface area contributed by atoms with Gasteiger partial charge in [0.2, 0.25) is 0 Å². The highest BCUT2D eigenvalue weighted by Gasteiger charge is 2.35. The lowest BCUT2D eigenvalue weighted by molar-refractivity contribution is -0.634. The summed E-state index contributed by atoms with van der Waals surface area (Å²) in [5.74, 6) is 0. The monoisotopic (exact) mass is 197 g/mol. The van der Waals surface area contributed by atoms with Crippen molar-refractivity contribution < 1.29 is 18.2 Å². The van der Waals surface area contributed by atoms with Crippen molar-refractivity contribution in [1.29, 1.82) is 0 Å². The molecule has 1 aliphatic heterocycles. The van der Waals surface area contributed by atoms with E-state index in [2.05, 4.69) is 9.85 Å². The van der Waals surface area contributed by atoms with Crippen LogP contribution in [0.3, 0.4) is 0 Å². The Kier molecular flexibility index (Phi) is 2.74. The Bertz CT molecular complexity index is 252. The fourth-order valence-electron chi connectivity index (χ4n) is 0.925. The largest absolute Gasteiger partial charge is 0.350 e. The molecule has 68 valence electrons. The number of likely N-dealkylation sites (N-methyl/N-ethyl adjacent to an activating group) is 1. The second kappa shape index (κ2) is 3.45. The smallest absolute Gasteiger partial charge is 0.252 e. The van der Waals surface area contributed by atoms with Gasteiger partial charge in [0.15, 0.2) is 7.05 Å². The molecule has 0 bridgehead atoms. The highest BCUT2D eigenvalue weighted by molar-refractivity contribution is 6.30. The van der Waals surface area contributed by atoms with E-state index in [4.69, 9.17) is 11.6 Å². The molecule has 0 N–H and O–H groups in total. The van der Waals surface area contributed by atoms with Gasteiger partial charge >= 0.3 is 12.8 Å². The number of azo groups is 2. The van der Waals surface area contributed by atoms with Crippen molar-refractivity contribution in [3.05, 3.63) is 10.7 Å². The molecule has 0 aromatic rings. The molecule has 0 aromatic heterocycles. The molecule has 0 spiro atoms. The van der Waals surface area contributed by atoms with E-state index in [1.54, 1.807) is 6.92 Å². The zero-order chi connectivity index (χ0) is 9.30. The lowest BCUT2D eigenvalue weighted by Gasteiger charge is -2.05. The minimum absolute atomic E-state index is 0.206. The van der Waals surface area contributed by atoms with Gasteiger partial charge in [0, 0.05) is 0 Å². The molecule has 3 nitrogen and oxygen atoms in total. The SMILES string of the molecule is CC1=C(Cl)C(OC(F)F)[N+](C)=N1. The van der Waals surface area contributed by atoms with Gasteiger partial charge in [-0.25, -0.2) is 0 Å². The molecule has 1 aliphatic rings. The highest BCUT2D eigenvalue weighted by Crippen LogP contribution is 2.25. The summed E-state index contributed by atoms with van der Waals surface area (Å²) in [6.45, 7) is -1.21. The topological polar surface area (TPSA) is 24.6 Å². The average Bonchev–Trinajstić information content (AvgIpc) is 2.16. The Labute approximate surface area is 73.3 Å². The number of hydrogen-bond donors (Lipinski definition) is 0. The maximum absolute atomic E-state index is 11.8. The zero-order valence-electron chi connectivity index (χ0n) is 6.59. The van der Waals surface area contributed by atoms with Gasteiger partial charge in [-0.15, -0.1) is 0 Å². The maximum atomic E-state index is 11.8. The third kappa shape index (κ3) is 1.78. The van der Waals surface area contributed by atoms with Crippen molar-refractivity contribution >= 4 is 11.6 Å². The Morgan fingerprint density at radius 2 is 2.25 bits per heavy atom. The Balaban J connectivity index is 2.73. The van der Waals surface area contributed by atoms with Gasteiger partial charge in [-0.3, -0.25) is 4.74 Å². The summed E-state index contributed by atoms with van der Waals surface area (Å²) in [5, 5.41) is 4.03. The standard InChI is InChI=1S/C6H8ClF2N2O/c1-3-4(7)5(11(2)10-3)12-6(8)9/h5-6H,1-2H3/q+1. The molecule has 1 heterocycles. The molecule has 0 amide bonds. The van der Waals surface area contributed by atoms with E-state index in [1.165, 1.54) is 11.7 Å². The average molecular weight is 198 g/mol. The summed E-state index contributed by atoms with van der Waals surface area (Å²) < 4.78 is 29.0. The van der Waals surface area contributed by atoms with Gasteiger partial charge in [-0.1, -0.05) is 16.3 Å². The normalized spacial score (nSPS) is 23.8. The summed E-state index contributed by atoms with van der Waals surface area (Å²) in [4.78, 5) is 0. The number of nitrogens with zero attached hydrogens (tertiary/aromatic N) is 2. The number of allylic oxidation sites excluding steroid dienone is 1. The minimum Gasteiger partial charge on any atom is -0.252 e. The molecule has 0 saturated carbocycles. The Morgan fingerprint density at radius 3 is 2.58 bits per heavy atom. The predicted octanol–water partition coefficient (Wildman–Crippen LogP) is 2.13. The van der Waals surface area contributed by atoms with E-state index in [1.807, 2.05) is 0 Å². The number of halogens is 3. The number of rotatable bonds is 2. The van der Waals surface area contributed by atoms with Crippen LogP contribution < -0.4 is 0 Å². The van der Waals surface area contributed by atoms with Crippen LogP contribution in [0.4, 0.5) is 8.78 Å². The van der Waals surface area contributed by atoms with Crippen molar-refractivity contribution in [1.82, 2.24) is 0 Å². The minimum atomic E-state index is -2.84. The van der Waals surface area contributed by atoms with Gasteiger partial charge in [-0.2, -0.15) is 8.78 Å². The van der Waals surface area contributed by atoms with E-state index >= 15 is 0 Å². The first kappa shape index (κ1) is 9.54. The second-order valence-electron chi connectivity index (χ2n) is 2.36. The fourth-order valence-corrected chi connectivity index (χ4v) is 1.16. The molecule has 12 heavy (non-hydrogen) atoms. The van der Waals surface area contributed by atoms with E-state index in [0.717, 1.165) is 0 Å². The molecule has 1 rings (SSSR count). The quantitative estimate of drug-likeness (QED) is 0.623. The molecule has 0 radical (unpaired) electrons. The van der Waals surface area contributed by atoms with E-state index in [-0.39, 0.29) is 5.03 Å². The number of hydrogen-bond acceptors (Lipinski definition) is 2. The van der Waals surface area contributed by atoms with Gasteiger partial charge in [0.1, 0.15) is 10.7 Å². The third-order valence-corrected chi connectivity index (χ3v) is 1.90. The molecule has 0 saturated heterocycles. The molecular formula is C6H8ClF2N2O+. The van der Waals surface area contributed by atoms with Crippen LogP contribution in [0.1, 0.15) is 6.92 Å². The van der Waals surface area contributed by atoms with Crippen molar-refractivity contribution in [2.24, 2.45) is 5.11 Å². The van der Waals surface area contributed by atoms with Crippen LogP contribution in [0.2, 0.25) is 0 Å². The number of alkyl halides is 2. The Morgan fingerprint density at radius 1 is 1.67 bits per heavy atom. The highest BCUT2D eigenvalue weighted by atomic mass is 35.5. The summed E-state index contributed by atoms with van der Waals surface area (Å²) in [6.07, 6.45) is -0.938. The molecule has 1 atom stereocenters. The summed E-state index contributed by atoms with van der Waals surface area (Å²) in [5.41, 5.74) is 0.504. The van der Waals surface area contributed by atoms with Crippen LogP contribution in [0.15, 0.2) is 15.8 Å². The van der Waals surface area contributed by atoms with Crippen LogP contribution >= 0.6 is 11.6 Å². The second-order valence-corrected chi connectivity index (χ2v) is 2.76. The summed E-state index contributed by atoms with van der Waals surface area (Å²) in [6, 6.07) is 0.